The lowest BCUT2D eigenvalue weighted by Gasteiger charge is -2.33. The molecule has 0 bridgehead atoms. The molecule has 23 heavy (non-hydrogen) atoms. The van der Waals surface area contributed by atoms with E-state index in [1.165, 1.54) is 0 Å². The number of hydrogen-bond donors (Lipinski definition) is 0. The van der Waals surface area contributed by atoms with Crippen LogP contribution in [0.1, 0.15) is 35.7 Å². The van der Waals surface area contributed by atoms with E-state index >= 15 is 0 Å². The van der Waals surface area contributed by atoms with Crippen molar-refractivity contribution in [1.82, 2.24) is 19.6 Å². The van der Waals surface area contributed by atoms with Crippen LogP contribution in [0.2, 0.25) is 0 Å². The van der Waals surface area contributed by atoms with Crippen molar-refractivity contribution >= 4 is 5.91 Å². The molecule has 1 unspecified atom stereocenters. The van der Waals surface area contributed by atoms with E-state index in [-0.39, 0.29) is 5.91 Å². The van der Waals surface area contributed by atoms with Crippen LogP contribution in [0.25, 0.3) is 0 Å². The van der Waals surface area contributed by atoms with Crippen molar-refractivity contribution in [2.45, 2.75) is 46.6 Å². The lowest BCUT2D eigenvalue weighted by Crippen LogP contribution is -2.42. The zero-order valence-electron chi connectivity index (χ0n) is 14.1. The SMILES string of the molecule is Cc1noc(C)c1CC(=O)N1CCCC(Cn2ccnc2C)C1. The first kappa shape index (κ1) is 15.8. The number of nitrogens with zero attached hydrogens (tertiary/aromatic N) is 4. The van der Waals surface area contributed by atoms with Gasteiger partial charge in [-0.25, -0.2) is 4.98 Å². The molecule has 0 aliphatic carbocycles. The summed E-state index contributed by atoms with van der Waals surface area (Å²) in [6.07, 6.45) is 6.45. The van der Waals surface area contributed by atoms with Gasteiger partial charge in [-0.05, 0) is 39.5 Å². The van der Waals surface area contributed by atoms with E-state index < -0.39 is 0 Å². The number of carbonyl (C=O) groups is 1. The summed E-state index contributed by atoms with van der Waals surface area (Å²) in [6.45, 7) is 8.37. The summed E-state index contributed by atoms with van der Waals surface area (Å²) in [5, 5.41) is 3.93. The van der Waals surface area contributed by atoms with Gasteiger partial charge in [-0.3, -0.25) is 4.79 Å². The maximum atomic E-state index is 12.6. The lowest BCUT2D eigenvalue weighted by atomic mass is 9.97. The Morgan fingerprint density at radius 2 is 2.22 bits per heavy atom. The zero-order chi connectivity index (χ0) is 16.4. The summed E-state index contributed by atoms with van der Waals surface area (Å²) in [6, 6.07) is 0. The minimum Gasteiger partial charge on any atom is -0.361 e. The van der Waals surface area contributed by atoms with Crippen LogP contribution in [0.4, 0.5) is 0 Å². The fraction of sp³-hybridized carbons (Fsp3) is 0.588. The third-order valence-corrected chi connectivity index (χ3v) is 4.76. The van der Waals surface area contributed by atoms with Crippen LogP contribution < -0.4 is 0 Å². The molecule has 6 heteroatoms. The Morgan fingerprint density at radius 1 is 1.39 bits per heavy atom. The van der Waals surface area contributed by atoms with E-state index in [0.717, 1.165) is 55.3 Å². The van der Waals surface area contributed by atoms with E-state index in [1.54, 1.807) is 0 Å². The Morgan fingerprint density at radius 3 is 2.87 bits per heavy atom. The smallest absolute Gasteiger partial charge is 0.227 e. The first-order chi connectivity index (χ1) is 11.0. The molecule has 2 aromatic rings. The molecule has 0 spiro atoms. The molecule has 3 heterocycles. The van der Waals surface area contributed by atoms with E-state index in [0.29, 0.717) is 12.3 Å². The van der Waals surface area contributed by atoms with E-state index in [1.807, 2.05) is 38.1 Å². The van der Waals surface area contributed by atoms with Crippen molar-refractivity contribution in [3.63, 3.8) is 0 Å². The zero-order valence-corrected chi connectivity index (χ0v) is 14.1. The van der Waals surface area contributed by atoms with Crippen molar-refractivity contribution in [3.8, 4) is 0 Å². The predicted octanol–water partition coefficient (Wildman–Crippen LogP) is 2.28. The minimum atomic E-state index is 0.173. The number of hydrogen-bond acceptors (Lipinski definition) is 4. The molecule has 0 aromatic carbocycles. The van der Waals surface area contributed by atoms with E-state index in [2.05, 4.69) is 14.7 Å². The van der Waals surface area contributed by atoms with Gasteiger partial charge in [0.15, 0.2) is 0 Å². The Hall–Kier alpha value is -2.11. The summed E-state index contributed by atoms with van der Waals surface area (Å²) >= 11 is 0. The molecule has 0 N–H and O–H groups in total. The quantitative estimate of drug-likeness (QED) is 0.868. The van der Waals surface area contributed by atoms with Crippen molar-refractivity contribution in [1.29, 1.82) is 0 Å². The van der Waals surface area contributed by atoms with Gasteiger partial charge in [-0.2, -0.15) is 0 Å². The summed E-state index contributed by atoms with van der Waals surface area (Å²) in [7, 11) is 0. The van der Waals surface area contributed by atoms with Crippen molar-refractivity contribution in [2.75, 3.05) is 13.1 Å². The summed E-state index contributed by atoms with van der Waals surface area (Å²) in [4.78, 5) is 18.9. The average Bonchev–Trinajstić information content (AvgIpc) is 3.08. The number of imidazole rings is 1. The van der Waals surface area contributed by atoms with Crippen molar-refractivity contribution in [3.05, 3.63) is 35.2 Å². The molecular weight excluding hydrogens is 292 g/mol. The van der Waals surface area contributed by atoms with Gasteiger partial charge in [0.1, 0.15) is 11.6 Å². The highest BCUT2D eigenvalue weighted by atomic mass is 16.5. The highest BCUT2D eigenvalue weighted by Crippen LogP contribution is 2.21. The monoisotopic (exact) mass is 316 g/mol. The second-order valence-corrected chi connectivity index (χ2v) is 6.45. The van der Waals surface area contributed by atoms with Gasteiger partial charge in [-0.15, -0.1) is 0 Å². The highest BCUT2D eigenvalue weighted by Gasteiger charge is 2.25. The molecule has 1 atom stereocenters. The second-order valence-electron chi connectivity index (χ2n) is 6.45. The van der Waals surface area contributed by atoms with Gasteiger partial charge < -0.3 is 14.0 Å². The van der Waals surface area contributed by atoms with Crippen LogP contribution in [0, 0.1) is 26.7 Å². The van der Waals surface area contributed by atoms with Crippen LogP contribution >= 0.6 is 0 Å². The molecular formula is C17H24N4O2. The number of piperidine rings is 1. The molecule has 1 amide bonds. The highest BCUT2D eigenvalue weighted by molar-refractivity contribution is 5.79. The predicted molar refractivity (Wildman–Crippen MR) is 85.9 cm³/mol. The molecule has 1 aliphatic rings. The van der Waals surface area contributed by atoms with Gasteiger partial charge in [0.05, 0.1) is 12.1 Å². The number of rotatable bonds is 4. The Balaban J connectivity index is 1.62. The maximum Gasteiger partial charge on any atom is 0.227 e. The minimum absolute atomic E-state index is 0.173. The molecule has 3 rings (SSSR count). The van der Waals surface area contributed by atoms with Gasteiger partial charge in [0.25, 0.3) is 0 Å². The van der Waals surface area contributed by atoms with Crippen molar-refractivity contribution < 1.29 is 9.32 Å². The molecule has 0 radical (unpaired) electrons. The number of aromatic nitrogens is 3. The average molecular weight is 316 g/mol. The maximum absolute atomic E-state index is 12.6. The first-order valence-corrected chi connectivity index (χ1v) is 8.22. The second kappa shape index (κ2) is 6.56. The van der Waals surface area contributed by atoms with Crippen LogP contribution in [-0.4, -0.2) is 38.6 Å². The third-order valence-electron chi connectivity index (χ3n) is 4.76. The molecule has 6 nitrogen and oxygen atoms in total. The van der Waals surface area contributed by atoms with E-state index in [9.17, 15) is 4.79 Å². The van der Waals surface area contributed by atoms with Gasteiger partial charge >= 0.3 is 0 Å². The lowest BCUT2D eigenvalue weighted by molar-refractivity contribution is -0.132. The summed E-state index contributed by atoms with van der Waals surface area (Å²) in [5.74, 6) is 2.44. The Bertz CT molecular complexity index is 669. The van der Waals surface area contributed by atoms with Crippen LogP contribution in [0.15, 0.2) is 16.9 Å². The standard InChI is InChI=1S/C17H24N4O2/c1-12-16(13(2)23-19-12)9-17(22)21-7-4-5-15(11-21)10-20-8-6-18-14(20)3/h6,8,15H,4-5,7,9-11H2,1-3H3. The van der Waals surface area contributed by atoms with Gasteiger partial charge in [0.2, 0.25) is 5.91 Å². The molecule has 1 saturated heterocycles. The van der Waals surface area contributed by atoms with Crippen LogP contribution in [0.5, 0.6) is 0 Å². The normalized spacial score (nSPS) is 18.4. The molecule has 1 fully saturated rings. The van der Waals surface area contributed by atoms with Gasteiger partial charge in [0, 0.05) is 37.6 Å². The largest absolute Gasteiger partial charge is 0.361 e. The number of likely N-dealkylation sites (tertiary alicyclic amines) is 1. The first-order valence-electron chi connectivity index (χ1n) is 8.22. The van der Waals surface area contributed by atoms with E-state index in [4.69, 9.17) is 4.52 Å². The van der Waals surface area contributed by atoms with Gasteiger partial charge in [-0.1, -0.05) is 5.16 Å². The van der Waals surface area contributed by atoms with Crippen molar-refractivity contribution in [2.24, 2.45) is 5.92 Å². The Kier molecular flexibility index (Phi) is 4.50. The van der Waals surface area contributed by atoms with Crippen LogP contribution in [-0.2, 0) is 17.8 Å². The fourth-order valence-electron chi connectivity index (χ4n) is 3.33. The Labute approximate surface area is 136 Å². The topological polar surface area (TPSA) is 64.2 Å². The third kappa shape index (κ3) is 3.46. The number of aryl methyl sites for hydroxylation is 3. The summed E-state index contributed by atoms with van der Waals surface area (Å²) in [5.41, 5.74) is 1.75. The number of amides is 1. The number of carbonyl (C=O) groups excluding carboxylic acids is 1. The molecule has 2 aromatic heterocycles. The fourth-order valence-corrected chi connectivity index (χ4v) is 3.33. The molecule has 124 valence electrons. The summed E-state index contributed by atoms with van der Waals surface area (Å²) < 4.78 is 7.33. The molecule has 1 aliphatic heterocycles. The van der Waals surface area contributed by atoms with Crippen LogP contribution in [0.3, 0.4) is 0 Å². The molecule has 0 saturated carbocycles.